The van der Waals surface area contributed by atoms with Crippen molar-refractivity contribution in [1.29, 1.82) is 0 Å². The molecule has 1 aromatic carbocycles. The average Bonchev–Trinajstić information content (AvgIpc) is 2.82. The molecule has 0 saturated heterocycles. The zero-order valence-corrected chi connectivity index (χ0v) is 21.8. The molecule has 0 saturated carbocycles. The Morgan fingerprint density at radius 2 is 1.82 bits per heavy atom. The zero-order chi connectivity index (χ0) is 26.1. The number of nitrogens with zero attached hydrogens (tertiary/aromatic N) is 1. The Morgan fingerprint density at radius 3 is 2.32 bits per heavy atom. The summed E-state index contributed by atoms with van der Waals surface area (Å²) in [6.45, 7) is 19.4. The van der Waals surface area contributed by atoms with E-state index in [0.29, 0.717) is 28.6 Å². The molecule has 3 N–H and O–H groups in total. The molecule has 186 valence electrons. The van der Waals surface area contributed by atoms with Crippen LogP contribution in [-0.2, 0) is 9.53 Å². The summed E-state index contributed by atoms with van der Waals surface area (Å²) < 4.78 is 4.69. The van der Waals surface area contributed by atoms with Gasteiger partial charge in [0.2, 0.25) is 0 Å². The fourth-order valence-corrected chi connectivity index (χ4v) is 2.16. The molecular formula is C26H37ClN4O3. The van der Waals surface area contributed by atoms with Crippen LogP contribution in [0.5, 0.6) is 0 Å². The minimum atomic E-state index is -0.351. The van der Waals surface area contributed by atoms with Gasteiger partial charge in [0.1, 0.15) is 0 Å². The number of hydrazone groups is 1. The van der Waals surface area contributed by atoms with Gasteiger partial charge in [-0.15, -0.1) is 0 Å². The molecule has 0 unspecified atom stereocenters. The molecule has 1 rings (SSSR count). The fourth-order valence-electron chi connectivity index (χ4n) is 2.03. The maximum Gasteiger partial charge on any atom is 0.333 e. The average molecular weight is 489 g/mol. The van der Waals surface area contributed by atoms with E-state index in [-0.39, 0.29) is 17.4 Å². The molecule has 0 aliphatic heterocycles. The van der Waals surface area contributed by atoms with Crippen molar-refractivity contribution in [3.05, 3.63) is 78.1 Å². The van der Waals surface area contributed by atoms with E-state index in [9.17, 15) is 9.59 Å². The Labute approximate surface area is 208 Å². The highest BCUT2D eigenvalue weighted by atomic mass is 35.5. The number of anilines is 1. The molecule has 0 aliphatic carbocycles. The number of carbonyl (C=O) groups is 2. The van der Waals surface area contributed by atoms with Crippen LogP contribution in [0.25, 0.3) is 0 Å². The van der Waals surface area contributed by atoms with E-state index in [1.54, 1.807) is 62.5 Å². The number of esters is 1. The second kappa shape index (κ2) is 16.3. The number of nitrogens with one attached hydrogen (secondary N) is 3. The first-order valence-electron chi connectivity index (χ1n) is 11.0. The van der Waals surface area contributed by atoms with Crippen LogP contribution in [0.2, 0.25) is 5.02 Å². The van der Waals surface area contributed by atoms with Gasteiger partial charge in [0, 0.05) is 33.6 Å². The molecule has 2 amide bonds. The number of carbonyl (C=O) groups excluding carboxylic acids is 2. The van der Waals surface area contributed by atoms with Crippen molar-refractivity contribution >= 4 is 35.0 Å². The molecule has 7 nitrogen and oxygen atoms in total. The third kappa shape index (κ3) is 12.6. The van der Waals surface area contributed by atoms with E-state index < -0.39 is 0 Å². The lowest BCUT2D eigenvalue weighted by Gasteiger charge is -2.23. The highest BCUT2D eigenvalue weighted by Crippen LogP contribution is 2.22. The van der Waals surface area contributed by atoms with Gasteiger partial charge in [-0.3, -0.25) is 5.43 Å². The topological polar surface area (TPSA) is 91.8 Å². The number of hydrogen-bond donors (Lipinski definition) is 3. The van der Waals surface area contributed by atoms with Gasteiger partial charge in [-0.25, -0.2) is 9.59 Å². The molecule has 0 heterocycles. The van der Waals surface area contributed by atoms with Crippen LogP contribution < -0.4 is 16.1 Å². The number of amides is 2. The minimum absolute atomic E-state index is 0.167. The van der Waals surface area contributed by atoms with Gasteiger partial charge in [0.05, 0.1) is 12.3 Å². The fraction of sp³-hybridized carbons (Fsp3) is 0.346. The van der Waals surface area contributed by atoms with Crippen LogP contribution >= 0.6 is 11.6 Å². The highest BCUT2D eigenvalue weighted by Gasteiger charge is 2.21. The van der Waals surface area contributed by atoms with Crippen LogP contribution in [-0.4, -0.2) is 24.3 Å². The summed E-state index contributed by atoms with van der Waals surface area (Å²) in [5, 5.41) is 10.3. The van der Waals surface area contributed by atoms with Crippen LogP contribution in [0.4, 0.5) is 10.5 Å². The molecule has 0 aromatic heterocycles. The third-order valence-electron chi connectivity index (χ3n) is 4.73. The number of hydrogen-bond acceptors (Lipinski definition) is 5. The van der Waals surface area contributed by atoms with Crippen molar-refractivity contribution < 1.29 is 14.3 Å². The normalized spacial score (nSPS) is 11.7. The van der Waals surface area contributed by atoms with Crippen LogP contribution in [0.3, 0.4) is 0 Å². The van der Waals surface area contributed by atoms with Crippen molar-refractivity contribution in [3.63, 3.8) is 0 Å². The Balaban J connectivity index is 0.00000102. The van der Waals surface area contributed by atoms with Gasteiger partial charge in [-0.05, 0) is 63.6 Å². The Kier molecular flexibility index (Phi) is 14.7. The minimum Gasteiger partial charge on any atom is -0.463 e. The van der Waals surface area contributed by atoms with E-state index in [2.05, 4.69) is 59.8 Å². The summed E-state index contributed by atoms with van der Waals surface area (Å²) in [4.78, 5) is 22.6. The SMILES string of the molecule is C/C=C(\C)C(=O)OCC.C=CC(=C)N/N=C(\C=C\NC(=O)Nc1ccc(Cl)cc1)C(C)(C)CC. The van der Waals surface area contributed by atoms with Gasteiger partial charge >= 0.3 is 12.0 Å². The number of allylic oxidation sites excluding steroid dienone is 3. The first kappa shape index (κ1) is 30.7. The van der Waals surface area contributed by atoms with Crippen molar-refractivity contribution in [2.45, 2.75) is 48.0 Å². The summed E-state index contributed by atoms with van der Waals surface area (Å²) in [5.74, 6) is -0.222. The zero-order valence-electron chi connectivity index (χ0n) is 21.0. The van der Waals surface area contributed by atoms with Crippen molar-refractivity contribution in [1.82, 2.24) is 10.7 Å². The standard InChI is InChI=1S/C19H25ClN4O.C7H12O2/c1-6-14(3)23-24-17(19(4,5)7-2)12-13-21-18(25)22-16-10-8-15(20)9-11-16;1-4-6(3)7(8)9-5-2/h6,8-13,23H,1,3,7H2,2,4-5H3,(H2,21,22,25);4H,5H2,1-3H3/b13-12+,24-17+;6-4+. The maximum atomic E-state index is 11.9. The summed E-state index contributed by atoms with van der Waals surface area (Å²) in [5.41, 5.74) is 5.38. The number of ether oxygens (including phenoxy) is 1. The maximum absolute atomic E-state index is 11.9. The van der Waals surface area contributed by atoms with Gasteiger partial charge < -0.3 is 15.4 Å². The quantitative estimate of drug-likeness (QED) is 0.114. The predicted molar refractivity (Wildman–Crippen MR) is 143 cm³/mol. The van der Waals surface area contributed by atoms with E-state index in [0.717, 1.165) is 12.1 Å². The number of urea groups is 1. The first-order chi connectivity index (χ1) is 16.0. The first-order valence-corrected chi connectivity index (χ1v) is 11.3. The van der Waals surface area contributed by atoms with Crippen molar-refractivity contribution in [2.24, 2.45) is 10.5 Å². The number of halogens is 1. The second-order valence-corrected chi connectivity index (χ2v) is 8.14. The number of rotatable bonds is 10. The van der Waals surface area contributed by atoms with Gasteiger partial charge in [0.25, 0.3) is 0 Å². The van der Waals surface area contributed by atoms with E-state index in [1.165, 1.54) is 0 Å². The van der Waals surface area contributed by atoms with Crippen molar-refractivity contribution in [2.75, 3.05) is 11.9 Å². The molecule has 34 heavy (non-hydrogen) atoms. The molecule has 8 heteroatoms. The number of benzene rings is 1. The summed E-state index contributed by atoms with van der Waals surface area (Å²) in [6, 6.07) is 6.52. The lowest BCUT2D eigenvalue weighted by Crippen LogP contribution is -2.27. The molecule has 0 atom stereocenters. The van der Waals surface area contributed by atoms with Crippen LogP contribution in [0.15, 0.2) is 78.2 Å². The smallest absolute Gasteiger partial charge is 0.333 e. The molecule has 0 bridgehead atoms. The molecule has 0 aliphatic rings. The van der Waals surface area contributed by atoms with Crippen molar-refractivity contribution in [3.8, 4) is 0 Å². The third-order valence-corrected chi connectivity index (χ3v) is 4.98. The molecule has 0 spiro atoms. The largest absolute Gasteiger partial charge is 0.463 e. The van der Waals surface area contributed by atoms with E-state index >= 15 is 0 Å². The summed E-state index contributed by atoms with van der Waals surface area (Å²) in [6.07, 6.45) is 7.52. The van der Waals surface area contributed by atoms with Gasteiger partial charge in [-0.2, -0.15) is 5.10 Å². The van der Waals surface area contributed by atoms with Gasteiger partial charge in [-0.1, -0.05) is 51.6 Å². The Bertz CT molecular complexity index is 916. The second-order valence-electron chi connectivity index (χ2n) is 7.71. The summed E-state index contributed by atoms with van der Waals surface area (Å²) >= 11 is 5.81. The predicted octanol–water partition coefficient (Wildman–Crippen LogP) is 6.57. The van der Waals surface area contributed by atoms with Crippen LogP contribution in [0, 0.1) is 5.41 Å². The Morgan fingerprint density at radius 1 is 1.21 bits per heavy atom. The molecule has 0 radical (unpaired) electrons. The molecule has 0 fully saturated rings. The Hall–Kier alpha value is -3.32. The van der Waals surface area contributed by atoms with E-state index in [4.69, 9.17) is 11.6 Å². The van der Waals surface area contributed by atoms with Crippen LogP contribution in [0.1, 0.15) is 48.0 Å². The lowest BCUT2D eigenvalue weighted by atomic mass is 9.84. The lowest BCUT2D eigenvalue weighted by molar-refractivity contribution is -0.138. The highest BCUT2D eigenvalue weighted by molar-refractivity contribution is 6.30. The van der Waals surface area contributed by atoms with E-state index in [1.807, 2.05) is 6.92 Å². The summed E-state index contributed by atoms with van der Waals surface area (Å²) in [7, 11) is 0. The van der Waals surface area contributed by atoms with Gasteiger partial charge in [0.15, 0.2) is 0 Å². The molecular weight excluding hydrogens is 452 g/mol. The molecule has 1 aromatic rings. The monoisotopic (exact) mass is 488 g/mol.